The Balaban J connectivity index is 1.85. The van der Waals surface area contributed by atoms with Crippen LogP contribution in [0.25, 0.3) is 0 Å². The molecule has 1 amide bonds. The van der Waals surface area contributed by atoms with E-state index in [9.17, 15) is 4.79 Å². The number of benzene rings is 1. The lowest BCUT2D eigenvalue weighted by molar-refractivity contribution is 0.0710. The Bertz CT molecular complexity index is 641. The van der Waals surface area contributed by atoms with E-state index in [4.69, 9.17) is 9.47 Å². The molecule has 21 heavy (non-hydrogen) atoms. The Morgan fingerprint density at radius 1 is 1.10 bits per heavy atom. The van der Waals surface area contributed by atoms with E-state index in [-0.39, 0.29) is 5.91 Å². The summed E-state index contributed by atoms with van der Waals surface area (Å²) in [5.41, 5.74) is 1.75. The zero-order chi connectivity index (χ0) is 14.8. The van der Waals surface area contributed by atoms with Crippen LogP contribution in [-0.4, -0.2) is 36.1 Å². The number of hydrogen-bond donors (Lipinski definition) is 0. The zero-order valence-corrected chi connectivity index (χ0v) is 12.2. The lowest BCUT2D eigenvalue weighted by Gasteiger charge is -2.29. The second-order valence-corrected chi connectivity index (χ2v) is 5.02. The Morgan fingerprint density at radius 2 is 1.81 bits per heavy atom. The fraction of sp³-hybridized carbons (Fsp3) is 0.312. The second kappa shape index (κ2) is 5.52. The highest BCUT2D eigenvalue weighted by molar-refractivity contribution is 5.95. The van der Waals surface area contributed by atoms with Crippen molar-refractivity contribution < 1.29 is 14.3 Å². The number of aromatic nitrogens is 1. The molecule has 0 N–H and O–H groups in total. The first-order chi connectivity index (χ1) is 10.2. The number of fused-ring (bicyclic) bond motifs is 1. The number of carbonyl (C=O) groups excluding carboxylic acids is 1. The average Bonchev–Trinajstić information content (AvgIpc) is 3.01. The van der Waals surface area contributed by atoms with Crippen LogP contribution in [0.3, 0.4) is 0 Å². The van der Waals surface area contributed by atoms with Gasteiger partial charge in [-0.25, -0.2) is 0 Å². The van der Waals surface area contributed by atoms with Crippen molar-refractivity contribution in [1.29, 1.82) is 0 Å². The molecule has 2 aromatic rings. The van der Waals surface area contributed by atoms with Crippen molar-refractivity contribution in [2.45, 2.75) is 13.1 Å². The van der Waals surface area contributed by atoms with Crippen molar-refractivity contribution in [2.24, 2.45) is 0 Å². The highest BCUT2D eigenvalue weighted by Crippen LogP contribution is 2.24. The van der Waals surface area contributed by atoms with Gasteiger partial charge in [0.15, 0.2) is 0 Å². The molecule has 0 bridgehead atoms. The molecule has 0 saturated carbocycles. The summed E-state index contributed by atoms with van der Waals surface area (Å²) in [6.45, 7) is 2.17. The van der Waals surface area contributed by atoms with Gasteiger partial charge in [0.25, 0.3) is 5.91 Å². The van der Waals surface area contributed by atoms with Gasteiger partial charge < -0.3 is 18.9 Å². The lowest BCUT2D eigenvalue weighted by Crippen LogP contribution is -2.37. The number of amides is 1. The molecule has 5 nitrogen and oxygen atoms in total. The smallest absolute Gasteiger partial charge is 0.254 e. The number of methoxy groups -OCH3 is 2. The highest BCUT2D eigenvalue weighted by atomic mass is 16.5. The van der Waals surface area contributed by atoms with Crippen molar-refractivity contribution in [1.82, 2.24) is 9.47 Å². The van der Waals surface area contributed by atoms with Gasteiger partial charge in [-0.05, 0) is 24.3 Å². The first-order valence-corrected chi connectivity index (χ1v) is 6.87. The van der Waals surface area contributed by atoms with Gasteiger partial charge in [0, 0.05) is 36.6 Å². The van der Waals surface area contributed by atoms with Crippen LogP contribution in [0.5, 0.6) is 11.5 Å². The van der Waals surface area contributed by atoms with E-state index in [2.05, 4.69) is 4.57 Å². The van der Waals surface area contributed by atoms with Crippen molar-refractivity contribution >= 4 is 5.91 Å². The molecule has 0 aliphatic carbocycles. The van der Waals surface area contributed by atoms with Crippen molar-refractivity contribution in [3.8, 4) is 11.5 Å². The zero-order valence-electron chi connectivity index (χ0n) is 12.2. The highest BCUT2D eigenvalue weighted by Gasteiger charge is 2.22. The molecule has 110 valence electrons. The van der Waals surface area contributed by atoms with Gasteiger partial charge in [-0.2, -0.15) is 0 Å². The number of rotatable bonds is 3. The Hall–Kier alpha value is -2.43. The summed E-state index contributed by atoms with van der Waals surface area (Å²) in [5.74, 6) is 1.25. The number of nitrogens with zero attached hydrogens (tertiary/aromatic N) is 2. The van der Waals surface area contributed by atoms with E-state index in [0.29, 0.717) is 30.2 Å². The number of hydrogen-bond acceptors (Lipinski definition) is 3. The van der Waals surface area contributed by atoms with E-state index in [1.165, 1.54) is 0 Å². The van der Waals surface area contributed by atoms with Crippen molar-refractivity contribution in [3.05, 3.63) is 47.8 Å². The predicted octanol–water partition coefficient (Wildman–Crippen LogP) is 2.16. The second-order valence-electron chi connectivity index (χ2n) is 5.02. The summed E-state index contributed by atoms with van der Waals surface area (Å²) in [4.78, 5) is 14.5. The SMILES string of the molecule is COc1cc(OC)cc(C(=O)N2CCn3cccc3C2)c1. The molecule has 0 spiro atoms. The van der Waals surface area contributed by atoms with Gasteiger partial charge >= 0.3 is 0 Å². The number of ether oxygens (including phenoxy) is 2. The maximum absolute atomic E-state index is 12.7. The first kappa shape index (κ1) is 13.5. The van der Waals surface area contributed by atoms with Gasteiger partial charge in [-0.3, -0.25) is 4.79 Å². The van der Waals surface area contributed by atoms with Crippen molar-refractivity contribution in [2.75, 3.05) is 20.8 Å². The molecule has 3 rings (SSSR count). The molecule has 1 aliphatic rings. The fourth-order valence-corrected chi connectivity index (χ4v) is 2.60. The van der Waals surface area contributed by atoms with Crippen LogP contribution in [0.1, 0.15) is 16.1 Å². The van der Waals surface area contributed by atoms with Crippen LogP contribution in [0.4, 0.5) is 0 Å². The van der Waals surface area contributed by atoms with E-state index >= 15 is 0 Å². The maximum atomic E-state index is 12.7. The monoisotopic (exact) mass is 286 g/mol. The Labute approximate surface area is 123 Å². The van der Waals surface area contributed by atoms with Gasteiger partial charge in [0.05, 0.1) is 20.8 Å². The third-order valence-corrected chi connectivity index (χ3v) is 3.77. The molecule has 0 unspecified atom stereocenters. The fourth-order valence-electron chi connectivity index (χ4n) is 2.60. The van der Waals surface area contributed by atoms with E-state index in [1.807, 2.05) is 23.2 Å². The quantitative estimate of drug-likeness (QED) is 0.868. The molecule has 1 aromatic carbocycles. The van der Waals surface area contributed by atoms with Crippen LogP contribution in [0.15, 0.2) is 36.5 Å². The van der Waals surface area contributed by atoms with Crippen LogP contribution in [-0.2, 0) is 13.1 Å². The molecule has 2 heterocycles. The minimum absolute atomic E-state index is 0.000324. The Morgan fingerprint density at radius 3 is 2.48 bits per heavy atom. The molecule has 0 atom stereocenters. The summed E-state index contributed by atoms with van der Waals surface area (Å²) in [6.07, 6.45) is 2.05. The van der Waals surface area contributed by atoms with Crippen LogP contribution < -0.4 is 9.47 Å². The van der Waals surface area contributed by atoms with Crippen LogP contribution in [0, 0.1) is 0 Å². The summed E-state index contributed by atoms with van der Waals surface area (Å²) in [7, 11) is 3.16. The molecular formula is C16H18N2O3. The molecule has 0 fully saturated rings. The van der Waals surface area contributed by atoms with Gasteiger partial charge in [0.1, 0.15) is 11.5 Å². The van der Waals surface area contributed by atoms with E-state index in [0.717, 1.165) is 12.2 Å². The van der Waals surface area contributed by atoms with Crippen molar-refractivity contribution in [3.63, 3.8) is 0 Å². The maximum Gasteiger partial charge on any atom is 0.254 e. The van der Waals surface area contributed by atoms with E-state index in [1.54, 1.807) is 32.4 Å². The predicted molar refractivity (Wildman–Crippen MR) is 78.7 cm³/mol. The largest absolute Gasteiger partial charge is 0.497 e. The van der Waals surface area contributed by atoms with Crippen LogP contribution in [0.2, 0.25) is 0 Å². The summed E-state index contributed by atoms with van der Waals surface area (Å²) < 4.78 is 12.6. The summed E-state index contributed by atoms with van der Waals surface area (Å²) >= 11 is 0. The molecule has 1 aromatic heterocycles. The molecule has 1 aliphatic heterocycles. The molecule has 0 radical (unpaired) electrons. The minimum Gasteiger partial charge on any atom is -0.497 e. The normalized spacial score (nSPS) is 13.7. The minimum atomic E-state index is -0.000324. The topological polar surface area (TPSA) is 43.7 Å². The molecular weight excluding hydrogens is 268 g/mol. The third-order valence-electron chi connectivity index (χ3n) is 3.77. The lowest BCUT2D eigenvalue weighted by atomic mass is 10.1. The third kappa shape index (κ3) is 2.59. The van der Waals surface area contributed by atoms with Gasteiger partial charge in [-0.15, -0.1) is 0 Å². The number of carbonyl (C=O) groups is 1. The Kier molecular flexibility index (Phi) is 3.56. The van der Waals surface area contributed by atoms with Crippen LogP contribution >= 0.6 is 0 Å². The molecule has 5 heteroatoms. The molecule has 0 saturated heterocycles. The van der Waals surface area contributed by atoms with E-state index < -0.39 is 0 Å². The standard InChI is InChI=1S/C16H18N2O3/c1-20-14-8-12(9-15(10-14)21-2)16(19)18-7-6-17-5-3-4-13(17)11-18/h3-5,8-10H,6-7,11H2,1-2H3. The summed E-state index contributed by atoms with van der Waals surface area (Å²) in [6, 6.07) is 9.32. The first-order valence-electron chi connectivity index (χ1n) is 6.87. The van der Waals surface area contributed by atoms with Gasteiger partial charge in [-0.1, -0.05) is 0 Å². The average molecular weight is 286 g/mol. The summed E-state index contributed by atoms with van der Waals surface area (Å²) in [5, 5.41) is 0. The van der Waals surface area contributed by atoms with Gasteiger partial charge in [0.2, 0.25) is 0 Å².